The van der Waals surface area contributed by atoms with Gasteiger partial charge in [0.1, 0.15) is 6.10 Å². The third-order valence-corrected chi connectivity index (χ3v) is 4.21. The van der Waals surface area contributed by atoms with Crippen LogP contribution in [-0.4, -0.2) is 24.0 Å². The Bertz CT molecular complexity index is 612. The number of fused-ring (bicyclic) bond motifs is 1. The summed E-state index contributed by atoms with van der Waals surface area (Å²) in [6.45, 7) is 1.08. The number of amides is 1. The number of ether oxygens (including phenoxy) is 1. The highest BCUT2D eigenvalue weighted by atomic mass is 32.1. The number of hydrogen-bond donors (Lipinski definition) is 1. The van der Waals surface area contributed by atoms with E-state index in [4.69, 9.17) is 4.74 Å². The average molecular weight is 292 g/mol. The third kappa shape index (κ3) is 2.71. The van der Waals surface area contributed by atoms with Gasteiger partial charge in [-0.1, -0.05) is 0 Å². The molecule has 0 saturated heterocycles. The van der Waals surface area contributed by atoms with E-state index in [1.807, 2.05) is 11.4 Å². The molecule has 20 heavy (non-hydrogen) atoms. The van der Waals surface area contributed by atoms with Crippen LogP contribution in [0, 0.1) is 5.95 Å². The first-order chi connectivity index (χ1) is 9.74. The SMILES string of the molecule is O=C(NCC1OCCc2sccc21)c1ccc(F)nc1. The van der Waals surface area contributed by atoms with Gasteiger partial charge in [0.05, 0.1) is 12.2 Å². The maximum absolute atomic E-state index is 12.7. The molecule has 2 aromatic rings. The van der Waals surface area contributed by atoms with Gasteiger partial charge in [0.2, 0.25) is 5.95 Å². The molecular formula is C14H13FN2O2S. The van der Waals surface area contributed by atoms with Crippen LogP contribution in [0.3, 0.4) is 0 Å². The highest BCUT2D eigenvalue weighted by Gasteiger charge is 2.22. The Hall–Kier alpha value is -1.79. The summed E-state index contributed by atoms with van der Waals surface area (Å²) in [5.41, 5.74) is 1.49. The normalized spacial score (nSPS) is 17.6. The van der Waals surface area contributed by atoms with E-state index in [1.165, 1.54) is 23.2 Å². The Labute approximate surface area is 119 Å². The van der Waals surface area contributed by atoms with Crippen LogP contribution in [0.15, 0.2) is 29.8 Å². The second-order valence-corrected chi connectivity index (χ2v) is 5.49. The molecular weight excluding hydrogens is 279 g/mol. The highest BCUT2D eigenvalue weighted by molar-refractivity contribution is 7.10. The van der Waals surface area contributed by atoms with Crippen molar-refractivity contribution < 1.29 is 13.9 Å². The molecule has 1 aliphatic heterocycles. The molecule has 1 atom stereocenters. The Kier molecular flexibility index (Phi) is 3.75. The predicted molar refractivity (Wildman–Crippen MR) is 73.2 cm³/mol. The Morgan fingerprint density at radius 3 is 3.20 bits per heavy atom. The van der Waals surface area contributed by atoms with Gasteiger partial charge in [-0.2, -0.15) is 4.39 Å². The number of nitrogens with one attached hydrogen (secondary N) is 1. The molecule has 0 bridgehead atoms. The van der Waals surface area contributed by atoms with Crippen LogP contribution in [0.4, 0.5) is 4.39 Å². The summed E-state index contributed by atoms with van der Waals surface area (Å²) in [6.07, 6.45) is 2.05. The Morgan fingerprint density at radius 1 is 1.50 bits per heavy atom. The third-order valence-electron chi connectivity index (χ3n) is 3.21. The van der Waals surface area contributed by atoms with E-state index in [0.717, 1.165) is 12.0 Å². The number of nitrogens with zero attached hydrogens (tertiary/aromatic N) is 1. The first-order valence-electron chi connectivity index (χ1n) is 6.31. The second kappa shape index (κ2) is 5.68. The van der Waals surface area contributed by atoms with Gasteiger partial charge in [-0.15, -0.1) is 11.3 Å². The molecule has 104 valence electrons. The van der Waals surface area contributed by atoms with E-state index in [-0.39, 0.29) is 12.0 Å². The number of carbonyl (C=O) groups excluding carboxylic acids is 1. The number of aromatic nitrogens is 1. The fourth-order valence-electron chi connectivity index (χ4n) is 2.19. The molecule has 1 aliphatic rings. The van der Waals surface area contributed by atoms with Gasteiger partial charge in [0, 0.05) is 24.0 Å². The fourth-order valence-corrected chi connectivity index (χ4v) is 3.11. The number of halogens is 1. The lowest BCUT2D eigenvalue weighted by molar-refractivity contribution is 0.0423. The van der Waals surface area contributed by atoms with E-state index in [1.54, 1.807) is 11.3 Å². The number of pyridine rings is 1. The van der Waals surface area contributed by atoms with Crippen molar-refractivity contribution in [3.8, 4) is 0 Å². The van der Waals surface area contributed by atoms with Crippen LogP contribution < -0.4 is 5.32 Å². The predicted octanol–water partition coefficient (Wildman–Crippen LogP) is 2.33. The van der Waals surface area contributed by atoms with Gasteiger partial charge in [-0.25, -0.2) is 4.98 Å². The van der Waals surface area contributed by atoms with E-state index in [0.29, 0.717) is 18.7 Å². The van der Waals surface area contributed by atoms with Crippen molar-refractivity contribution in [2.24, 2.45) is 0 Å². The monoisotopic (exact) mass is 292 g/mol. The first kappa shape index (κ1) is 13.2. The van der Waals surface area contributed by atoms with Crippen molar-refractivity contribution in [1.29, 1.82) is 0 Å². The minimum atomic E-state index is -0.597. The van der Waals surface area contributed by atoms with Gasteiger partial charge in [0.25, 0.3) is 5.91 Å². The molecule has 4 nitrogen and oxygen atoms in total. The van der Waals surface area contributed by atoms with Crippen LogP contribution in [0.1, 0.15) is 26.9 Å². The fraction of sp³-hybridized carbons (Fsp3) is 0.286. The molecule has 1 amide bonds. The zero-order chi connectivity index (χ0) is 13.9. The summed E-state index contributed by atoms with van der Waals surface area (Å²) in [5.74, 6) is -0.872. The minimum Gasteiger partial charge on any atom is -0.371 e. The molecule has 0 aliphatic carbocycles. The maximum Gasteiger partial charge on any atom is 0.252 e. The van der Waals surface area contributed by atoms with Gasteiger partial charge in [0.15, 0.2) is 0 Å². The molecule has 0 saturated carbocycles. The average Bonchev–Trinajstić information content (AvgIpc) is 2.94. The van der Waals surface area contributed by atoms with Crippen molar-refractivity contribution >= 4 is 17.2 Å². The summed E-state index contributed by atoms with van der Waals surface area (Å²) in [7, 11) is 0. The summed E-state index contributed by atoms with van der Waals surface area (Å²) >= 11 is 1.72. The van der Waals surface area contributed by atoms with Crippen LogP contribution in [0.2, 0.25) is 0 Å². The highest BCUT2D eigenvalue weighted by Crippen LogP contribution is 2.30. The number of thiophene rings is 1. The largest absolute Gasteiger partial charge is 0.371 e. The van der Waals surface area contributed by atoms with Crippen LogP contribution in [-0.2, 0) is 11.2 Å². The molecule has 0 aromatic carbocycles. The lowest BCUT2D eigenvalue weighted by Crippen LogP contribution is -2.31. The summed E-state index contributed by atoms with van der Waals surface area (Å²) in [4.78, 5) is 16.7. The Morgan fingerprint density at radius 2 is 2.40 bits per heavy atom. The molecule has 1 N–H and O–H groups in total. The molecule has 0 radical (unpaired) electrons. The van der Waals surface area contributed by atoms with Crippen molar-refractivity contribution in [3.05, 3.63) is 51.7 Å². The number of carbonyl (C=O) groups is 1. The van der Waals surface area contributed by atoms with Crippen LogP contribution in [0.5, 0.6) is 0 Å². The van der Waals surface area contributed by atoms with Crippen LogP contribution in [0.25, 0.3) is 0 Å². The lowest BCUT2D eigenvalue weighted by atomic mass is 10.1. The molecule has 3 heterocycles. The van der Waals surface area contributed by atoms with Gasteiger partial charge < -0.3 is 10.1 Å². The standard InChI is InChI=1S/C14H13FN2O2S/c15-13-2-1-9(7-16-13)14(18)17-8-11-10-4-6-20-12(10)3-5-19-11/h1-2,4,6-7,11H,3,5,8H2,(H,17,18). The quantitative estimate of drug-likeness (QED) is 0.883. The molecule has 0 fully saturated rings. The van der Waals surface area contributed by atoms with Crippen molar-refractivity contribution in [3.63, 3.8) is 0 Å². The molecule has 6 heteroatoms. The lowest BCUT2D eigenvalue weighted by Gasteiger charge is -2.23. The minimum absolute atomic E-state index is 0.109. The van der Waals surface area contributed by atoms with Crippen molar-refractivity contribution in [2.45, 2.75) is 12.5 Å². The first-order valence-corrected chi connectivity index (χ1v) is 7.19. The van der Waals surface area contributed by atoms with E-state index in [9.17, 15) is 9.18 Å². The summed E-state index contributed by atoms with van der Waals surface area (Å²) in [5, 5.41) is 4.84. The van der Waals surface area contributed by atoms with E-state index in [2.05, 4.69) is 10.3 Å². The summed E-state index contributed by atoms with van der Waals surface area (Å²) < 4.78 is 18.4. The molecule has 0 spiro atoms. The van der Waals surface area contributed by atoms with Crippen molar-refractivity contribution in [2.75, 3.05) is 13.2 Å². The summed E-state index contributed by atoms with van der Waals surface area (Å²) in [6, 6.07) is 4.62. The molecule has 1 unspecified atom stereocenters. The van der Waals surface area contributed by atoms with Crippen LogP contribution >= 0.6 is 11.3 Å². The number of rotatable bonds is 3. The van der Waals surface area contributed by atoms with Gasteiger partial charge in [-0.05, 0) is 29.1 Å². The van der Waals surface area contributed by atoms with E-state index >= 15 is 0 Å². The number of hydrogen-bond acceptors (Lipinski definition) is 4. The second-order valence-electron chi connectivity index (χ2n) is 4.49. The smallest absolute Gasteiger partial charge is 0.252 e. The maximum atomic E-state index is 12.7. The van der Waals surface area contributed by atoms with Gasteiger partial charge in [-0.3, -0.25) is 4.79 Å². The molecule has 3 rings (SSSR count). The van der Waals surface area contributed by atoms with E-state index < -0.39 is 5.95 Å². The Balaban J connectivity index is 1.63. The topological polar surface area (TPSA) is 51.2 Å². The van der Waals surface area contributed by atoms with Gasteiger partial charge >= 0.3 is 0 Å². The zero-order valence-electron chi connectivity index (χ0n) is 10.6. The van der Waals surface area contributed by atoms with Crippen molar-refractivity contribution in [1.82, 2.24) is 10.3 Å². The molecule has 2 aromatic heterocycles. The zero-order valence-corrected chi connectivity index (χ0v) is 11.5.